The van der Waals surface area contributed by atoms with Crippen molar-refractivity contribution in [3.05, 3.63) is 70.1 Å². The second-order valence-electron chi connectivity index (χ2n) is 9.52. The van der Waals surface area contributed by atoms with E-state index in [1.54, 1.807) is 19.2 Å². The van der Waals surface area contributed by atoms with Gasteiger partial charge in [-0.2, -0.15) is 0 Å². The molecule has 1 aromatic carbocycles. The third-order valence-electron chi connectivity index (χ3n) is 7.05. The highest BCUT2D eigenvalue weighted by Crippen LogP contribution is 2.40. The van der Waals surface area contributed by atoms with Gasteiger partial charge in [0.1, 0.15) is 11.6 Å². The number of nitrogens with one attached hydrogen (secondary N) is 2. The van der Waals surface area contributed by atoms with Crippen LogP contribution in [0.5, 0.6) is 5.75 Å². The Balaban J connectivity index is 1.83. The lowest BCUT2D eigenvalue weighted by atomic mass is 9.90. The molecule has 36 heavy (non-hydrogen) atoms. The van der Waals surface area contributed by atoms with Crippen LogP contribution in [0.25, 0.3) is 11.3 Å². The SMILES string of the molecule is COc1c(C)cccc1-c1ccc(C(=O)NS(=O)(=O)c2ccc[nH]c2=O)c(N2CCC(C)C2(C)C)n1. The number of hydrogen-bond acceptors (Lipinski definition) is 7. The Morgan fingerprint density at radius 2 is 1.94 bits per heavy atom. The third-order valence-corrected chi connectivity index (χ3v) is 8.41. The van der Waals surface area contributed by atoms with Crippen molar-refractivity contribution in [3.8, 4) is 17.0 Å². The fourth-order valence-electron chi connectivity index (χ4n) is 4.57. The van der Waals surface area contributed by atoms with Gasteiger partial charge in [0, 0.05) is 23.8 Å². The summed E-state index contributed by atoms with van der Waals surface area (Å²) in [7, 11) is -2.81. The van der Waals surface area contributed by atoms with Crippen LogP contribution in [0.15, 0.2) is 58.4 Å². The van der Waals surface area contributed by atoms with Gasteiger partial charge in [-0.3, -0.25) is 9.59 Å². The summed E-state index contributed by atoms with van der Waals surface area (Å²) in [6.07, 6.45) is 2.21. The molecule has 1 amide bonds. The van der Waals surface area contributed by atoms with Crippen molar-refractivity contribution in [1.29, 1.82) is 0 Å². The molecule has 1 aliphatic heterocycles. The Morgan fingerprint density at radius 1 is 1.19 bits per heavy atom. The molecule has 1 saturated heterocycles. The highest BCUT2D eigenvalue weighted by Gasteiger charge is 2.41. The number of nitrogens with zero attached hydrogens (tertiary/aromatic N) is 2. The molecule has 190 valence electrons. The molecule has 0 saturated carbocycles. The quantitative estimate of drug-likeness (QED) is 0.521. The second-order valence-corrected chi connectivity index (χ2v) is 11.2. The number of rotatable bonds is 6. The molecular formula is C26H30N4O5S. The van der Waals surface area contributed by atoms with Crippen molar-refractivity contribution < 1.29 is 17.9 Å². The first-order valence-electron chi connectivity index (χ1n) is 11.6. The second kappa shape index (κ2) is 9.42. The van der Waals surface area contributed by atoms with E-state index in [1.807, 2.05) is 34.7 Å². The molecule has 0 spiro atoms. The minimum atomic E-state index is -4.41. The average Bonchev–Trinajstić information content (AvgIpc) is 3.10. The monoisotopic (exact) mass is 510 g/mol. The Morgan fingerprint density at radius 3 is 2.58 bits per heavy atom. The van der Waals surface area contributed by atoms with Gasteiger partial charge in [-0.1, -0.05) is 19.1 Å². The van der Waals surface area contributed by atoms with Crippen molar-refractivity contribution in [1.82, 2.24) is 14.7 Å². The largest absolute Gasteiger partial charge is 0.496 e. The highest BCUT2D eigenvalue weighted by atomic mass is 32.2. The van der Waals surface area contributed by atoms with Crippen LogP contribution in [0.3, 0.4) is 0 Å². The van der Waals surface area contributed by atoms with Gasteiger partial charge in [0.15, 0.2) is 4.90 Å². The van der Waals surface area contributed by atoms with Gasteiger partial charge in [0.25, 0.3) is 21.5 Å². The van der Waals surface area contributed by atoms with Crippen LogP contribution in [-0.4, -0.2) is 43.5 Å². The Labute approximate surface area is 210 Å². The minimum absolute atomic E-state index is 0.100. The van der Waals surface area contributed by atoms with Crippen molar-refractivity contribution in [3.63, 3.8) is 0 Å². The molecule has 0 aliphatic carbocycles. The molecule has 2 N–H and O–H groups in total. The molecular weight excluding hydrogens is 480 g/mol. The number of carbonyl (C=O) groups is 1. The van der Waals surface area contributed by atoms with E-state index in [-0.39, 0.29) is 11.1 Å². The molecule has 1 atom stereocenters. The highest BCUT2D eigenvalue weighted by molar-refractivity contribution is 7.90. The number of hydrogen-bond donors (Lipinski definition) is 2. The first-order valence-corrected chi connectivity index (χ1v) is 13.1. The number of aryl methyl sites for hydroxylation is 1. The van der Waals surface area contributed by atoms with E-state index in [2.05, 4.69) is 25.8 Å². The number of pyridine rings is 2. The number of para-hydroxylation sites is 1. The van der Waals surface area contributed by atoms with E-state index in [0.717, 1.165) is 23.6 Å². The molecule has 3 heterocycles. The number of anilines is 1. The molecule has 9 nitrogen and oxygen atoms in total. The van der Waals surface area contributed by atoms with E-state index in [0.29, 0.717) is 29.7 Å². The molecule has 1 fully saturated rings. The van der Waals surface area contributed by atoms with Crippen LogP contribution in [-0.2, 0) is 10.0 Å². The van der Waals surface area contributed by atoms with Crippen LogP contribution >= 0.6 is 0 Å². The maximum Gasteiger partial charge on any atom is 0.269 e. The van der Waals surface area contributed by atoms with E-state index in [9.17, 15) is 18.0 Å². The summed E-state index contributed by atoms with van der Waals surface area (Å²) >= 11 is 0. The maximum absolute atomic E-state index is 13.3. The van der Waals surface area contributed by atoms with Gasteiger partial charge >= 0.3 is 0 Å². The predicted octanol–water partition coefficient (Wildman–Crippen LogP) is 3.50. The van der Waals surface area contributed by atoms with Crippen LogP contribution in [0, 0.1) is 12.8 Å². The minimum Gasteiger partial charge on any atom is -0.496 e. The van der Waals surface area contributed by atoms with Gasteiger partial charge in [0.2, 0.25) is 0 Å². The van der Waals surface area contributed by atoms with E-state index < -0.39 is 26.4 Å². The zero-order valence-corrected chi connectivity index (χ0v) is 21.8. The first-order chi connectivity index (χ1) is 17.0. The smallest absolute Gasteiger partial charge is 0.269 e. The molecule has 1 unspecified atom stereocenters. The lowest BCUT2D eigenvalue weighted by Crippen LogP contribution is -2.44. The summed E-state index contributed by atoms with van der Waals surface area (Å²) < 4.78 is 33.4. The molecule has 0 bridgehead atoms. The van der Waals surface area contributed by atoms with Crippen molar-refractivity contribution in [2.45, 2.75) is 44.6 Å². The number of ether oxygens (including phenoxy) is 1. The Bertz CT molecular complexity index is 1480. The molecule has 4 rings (SSSR count). The topological polar surface area (TPSA) is 121 Å². The van der Waals surface area contributed by atoms with Gasteiger partial charge in [-0.25, -0.2) is 18.1 Å². The number of amides is 1. The number of methoxy groups -OCH3 is 1. The summed E-state index contributed by atoms with van der Waals surface area (Å²) in [5.41, 5.74) is 1.26. The van der Waals surface area contributed by atoms with Crippen LogP contribution in [0.4, 0.5) is 5.82 Å². The Kier molecular flexibility index (Phi) is 6.66. The lowest BCUT2D eigenvalue weighted by molar-refractivity contribution is 0.0981. The predicted molar refractivity (Wildman–Crippen MR) is 138 cm³/mol. The molecule has 1 aliphatic rings. The summed E-state index contributed by atoms with van der Waals surface area (Å²) in [5.74, 6) is 0.506. The molecule has 0 radical (unpaired) electrons. The normalized spacial score (nSPS) is 17.1. The van der Waals surface area contributed by atoms with Gasteiger partial charge in [0.05, 0.1) is 18.4 Å². The molecule has 2 aromatic heterocycles. The van der Waals surface area contributed by atoms with Crippen LogP contribution in [0.1, 0.15) is 43.1 Å². The van der Waals surface area contributed by atoms with Crippen molar-refractivity contribution in [2.24, 2.45) is 5.92 Å². The number of H-pyrrole nitrogens is 1. The maximum atomic E-state index is 13.3. The zero-order chi connectivity index (χ0) is 26.3. The summed E-state index contributed by atoms with van der Waals surface area (Å²) in [6, 6.07) is 11.5. The fourth-order valence-corrected chi connectivity index (χ4v) is 5.59. The zero-order valence-electron chi connectivity index (χ0n) is 21.0. The summed E-state index contributed by atoms with van der Waals surface area (Å²) in [5, 5.41) is 0. The van der Waals surface area contributed by atoms with Crippen LogP contribution < -0.4 is 19.9 Å². The third kappa shape index (κ3) is 4.48. The molecule has 10 heteroatoms. The lowest BCUT2D eigenvalue weighted by Gasteiger charge is -2.36. The number of sulfonamides is 1. The molecule has 3 aromatic rings. The average molecular weight is 511 g/mol. The Hall–Kier alpha value is -3.66. The van der Waals surface area contributed by atoms with Gasteiger partial charge < -0.3 is 14.6 Å². The van der Waals surface area contributed by atoms with E-state index in [1.165, 1.54) is 12.3 Å². The first kappa shape index (κ1) is 25.4. The number of aromatic amines is 1. The number of carbonyl (C=O) groups excluding carboxylic acids is 1. The van der Waals surface area contributed by atoms with E-state index in [4.69, 9.17) is 9.72 Å². The van der Waals surface area contributed by atoms with Gasteiger partial charge in [-0.15, -0.1) is 0 Å². The van der Waals surface area contributed by atoms with E-state index >= 15 is 0 Å². The summed E-state index contributed by atoms with van der Waals surface area (Å²) in [4.78, 5) is 34.1. The van der Waals surface area contributed by atoms with Crippen molar-refractivity contribution in [2.75, 3.05) is 18.6 Å². The number of aromatic nitrogens is 2. The fraction of sp³-hybridized carbons (Fsp3) is 0.346. The van der Waals surface area contributed by atoms with Gasteiger partial charge in [-0.05, 0) is 69.0 Å². The van der Waals surface area contributed by atoms with Crippen molar-refractivity contribution >= 4 is 21.7 Å². The van der Waals surface area contributed by atoms with Crippen LogP contribution in [0.2, 0.25) is 0 Å². The number of benzene rings is 1. The summed E-state index contributed by atoms with van der Waals surface area (Å²) in [6.45, 7) is 8.88. The standard InChI is InChI=1S/C26H30N4O5S/c1-16-8-6-9-18(22(16)35-5)20-12-11-19(23(28-20)30-15-13-17(2)26(30,3)4)24(31)29-36(33,34)21-10-7-14-27-25(21)32/h6-12,14,17H,13,15H2,1-5H3,(H,27,32)(H,29,31).